The zero-order valence-electron chi connectivity index (χ0n) is 9.83. The first-order chi connectivity index (χ1) is 8.66. The summed E-state index contributed by atoms with van der Waals surface area (Å²) < 4.78 is 5.61. The van der Waals surface area contributed by atoms with Crippen LogP contribution in [0.1, 0.15) is 25.3 Å². The highest BCUT2D eigenvalue weighted by Crippen LogP contribution is 2.24. The number of nitrogens with zero attached hydrogens (tertiary/aromatic N) is 5. The SMILES string of the molecule is CC(C)c1cnn2c(Cl)nc(-c3cnsc3)nc12. The standard InChI is InChI=1S/C11H10ClN5S/c1-6(2)8-4-13-17-10(8)15-9(16-11(17)12)7-3-14-18-5-7/h3-6H,1-2H3. The minimum Gasteiger partial charge on any atom is -0.208 e. The number of fused-ring (bicyclic) bond motifs is 1. The molecule has 0 bridgehead atoms. The van der Waals surface area contributed by atoms with Gasteiger partial charge in [-0.1, -0.05) is 13.8 Å². The van der Waals surface area contributed by atoms with Crippen LogP contribution in [0, 0.1) is 0 Å². The Morgan fingerprint density at radius 2 is 2.11 bits per heavy atom. The Morgan fingerprint density at radius 3 is 2.78 bits per heavy atom. The van der Waals surface area contributed by atoms with E-state index in [1.54, 1.807) is 16.9 Å². The summed E-state index contributed by atoms with van der Waals surface area (Å²) in [5.74, 6) is 0.922. The maximum atomic E-state index is 6.13. The molecule has 18 heavy (non-hydrogen) atoms. The molecule has 0 N–H and O–H groups in total. The van der Waals surface area contributed by atoms with Crippen molar-refractivity contribution < 1.29 is 0 Å². The van der Waals surface area contributed by atoms with Crippen molar-refractivity contribution in [2.24, 2.45) is 0 Å². The molecule has 3 heterocycles. The highest BCUT2D eigenvalue weighted by Gasteiger charge is 2.15. The van der Waals surface area contributed by atoms with Gasteiger partial charge in [-0.2, -0.15) is 14.6 Å². The van der Waals surface area contributed by atoms with Gasteiger partial charge in [0.2, 0.25) is 5.28 Å². The molecule has 0 atom stereocenters. The van der Waals surface area contributed by atoms with Crippen LogP contribution in [0.3, 0.4) is 0 Å². The van der Waals surface area contributed by atoms with E-state index in [0.29, 0.717) is 17.0 Å². The molecule has 5 nitrogen and oxygen atoms in total. The second-order valence-electron chi connectivity index (χ2n) is 4.22. The van der Waals surface area contributed by atoms with Crippen molar-refractivity contribution in [3.8, 4) is 11.4 Å². The quantitative estimate of drug-likeness (QED) is 0.723. The average molecular weight is 280 g/mol. The van der Waals surface area contributed by atoms with Gasteiger partial charge < -0.3 is 0 Å². The first kappa shape index (κ1) is 11.6. The number of hydrogen-bond donors (Lipinski definition) is 0. The van der Waals surface area contributed by atoms with E-state index in [1.165, 1.54) is 11.5 Å². The lowest BCUT2D eigenvalue weighted by Gasteiger charge is -2.03. The van der Waals surface area contributed by atoms with E-state index in [2.05, 4.69) is 33.3 Å². The van der Waals surface area contributed by atoms with Gasteiger partial charge in [0.05, 0.1) is 18.0 Å². The smallest absolute Gasteiger partial charge is 0.208 e. The van der Waals surface area contributed by atoms with Gasteiger partial charge >= 0.3 is 0 Å². The van der Waals surface area contributed by atoms with Crippen LogP contribution in [-0.4, -0.2) is 24.0 Å². The molecule has 0 saturated heterocycles. The molecular weight excluding hydrogens is 270 g/mol. The molecule has 0 aliphatic heterocycles. The van der Waals surface area contributed by atoms with Crippen LogP contribution in [0.15, 0.2) is 17.8 Å². The number of aromatic nitrogens is 5. The molecule has 0 aliphatic rings. The van der Waals surface area contributed by atoms with Crippen molar-refractivity contribution >= 4 is 28.8 Å². The minimum atomic E-state index is 0.313. The second kappa shape index (κ2) is 4.29. The summed E-state index contributed by atoms with van der Waals surface area (Å²) in [5, 5.41) is 6.42. The van der Waals surface area contributed by atoms with Crippen molar-refractivity contribution in [2.75, 3.05) is 0 Å². The zero-order chi connectivity index (χ0) is 12.7. The summed E-state index contributed by atoms with van der Waals surface area (Å²) in [5.41, 5.74) is 2.69. The van der Waals surface area contributed by atoms with Gasteiger partial charge in [0.1, 0.15) is 0 Å². The lowest BCUT2D eigenvalue weighted by Crippen LogP contribution is -2.00. The van der Waals surface area contributed by atoms with Crippen LogP contribution >= 0.6 is 23.1 Å². The molecule has 0 spiro atoms. The van der Waals surface area contributed by atoms with Crippen LogP contribution < -0.4 is 0 Å². The van der Waals surface area contributed by atoms with Gasteiger partial charge in [-0.3, -0.25) is 0 Å². The van der Waals surface area contributed by atoms with Crippen LogP contribution in [0.25, 0.3) is 17.0 Å². The average Bonchev–Trinajstić information content (AvgIpc) is 2.97. The van der Waals surface area contributed by atoms with Crippen molar-refractivity contribution in [3.05, 3.63) is 28.6 Å². The molecule has 0 saturated carbocycles. The van der Waals surface area contributed by atoms with Crippen LogP contribution in [0.5, 0.6) is 0 Å². The number of rotatable bonds is 2. The van der Waals surface area contributed by atoms with E-state index in [1.807, 2.05) is 5.38 Å². The largest absolute Gasteiger partial charge is 0.227 e. The molecule has 0 radical (unpaired) electrons. The summed E-state index contributed by atoms with van der Waals surface area (Å²) in [6, 6.07) is 0. The monoisotopic (exact) mass is 279 g/mol. The number of halogens is 1. The summed E-state index contributed by atoms with van der Waals surface area (Å²) >= 11 is 7.49. The maximum absolute atomic E-state index is 6.13. The molecule has 7 heteroatoms. The van der Waals surface area contributed by atoms with Gasteiger partial charge in [0, 0.05) is 10.9 Å². The topological polar surface area (TPSA) is 56.0 Å². The normalized spacial score (nSPS) is 11.6. The molecule has 0 amide bonds. The van der Waals surface area contributed by atoms with Crippen molar-refractivity contribution in [1.82, 2.24) is 24.0 Å². The van der Waals surface area contributed by atoms with Gasteiger partial charge in [0.15, 0.2) is 11.5 Å². The molecule has 3 rings (SSSR count). The Hall–Kier alpha value is -1.53. The van der Waals surface area contributed by atoms with Gasteiger partial charge in [-0.05, 0) is 29.1 Å². The highest BCUT2D eigenvalue weighted by atomic mass is 35.5. The second-order valence-corrected chi connectivity index (χ2v) is 5.21. The molecule has 3 aromatic heterocycles. The highest BCUT2D eigenvalue weighted by molar-refractivity contribution is 7.03. The third kappa shape index (κ3) is 1.77. The third-order valence-electron chi connectivity index (χ3n) is 2.67. The summed E-state index contributed by atoms with van der Waals surface area (Å²) in [7, 11) is 0. The molecule has 0 aromatic carbocycles. The molecule has 3 aromatic rings. The summed E-state index contributed by atoms with van der Waals surface area (Å²) in [6.45, 7) is 4.19. The lowest BCUT2D eigenvalue weighted by molar-refractivity contribution is 0.868. The van der Waals surface area contributed by atoms with Crippen molar-refractivity contribution in [3.63, 3.8) is 0 Å². The lowest BCUT2D eigenvalue weighted by atomic mass is 10.1. The fourth-order valence-electron chi connectivity index (χ4n) is 1.71. The Balaban J connectivity index is 2.27. The Kier molecular flexibility index (Phi) is 2.76. The molecule has 0 unspecified atom stereocenters. The third-order valence-corrected chi connectivity index (χ3v) is 3.50. The predicted molar refractivity (Wildman–Crippen MR) is 71.0 cm³/mol. The van der Waals surface area contributed by atoms with Crippen molar-refractivity contribution in [2.45, 2.75) is 19.8 Å². The van der Waals surface area contributed by atoms with E-state index >= 15 is 0 Å². The van der Waals surface area contributed by atoms with Crippen LogP contribution in [0.2, 0.25) is 5.28 Å². The Labute approximate surface area is 113 Å². The predicted octanol–water partition coefficient (Wildman–Crippen LogP) is 3.02. The summed E-state index contributed by atoms with van der Waals surface area (Å²) in [6.07, 6.45) is 3.52. The minimum absolute atomic E-state index is 0.313. The first-order valence-corrected chi connectivity index (χ1v) is 6.69. The molecule has 0 aliphatic carbocycles. The van der Waals surface area contributed by atoms with E-state index in [4.69, 9.17) is 11.6 Å². The van der Waals surface area contributed by atoms with Gasteiger partial charge in [-0.15, -0.1) is 0 Å². The molecule has 0 fully saturated rings. The van der Waals surface area contributed by atoms with Crippen molar-refractivity contribution in [1.29, 1.82) is 0 Å². The van der Waals surface area contributed by atoms with Gasteiger partial charge in [-0.25, -0.2) is 9.36 Å². The van der Waals surface area contributed by atoms with Gasteiger partial charge in [0.25, 0.3) is 0 Å². The van der Waals surface area contributed by atoms with E-state index in [0.717, 1.165) is 16.8 Å². The van der Waals surface area contributed by atoms with E-state index in [-0.39, 0.29) is 0 Å². The van der Waals surface area contributed by atoms with E-state index < -0.39 is 0 Å². The first-order valence-electron chi connectivity index (χ1n) is 5.47. The Morgan fingerprint density at radius 1 is 1.28 bits per heavy atom. The molecule has 92 valence electrons. The number of hydrogen-bond acceptors (Lipinski definition) is 5. The fourth-order valence-corrected chi connectivity index (χ4v) is 2.43. The van der Waals surface area contributed by atoms with Crippen LogP contribution in [-0.2, 0) is 0 Å². The van der Waals surface area contributed by atoms with Crippen LogP contribution in [0.4, 0.5) is 0 Å². The Bertz CT molecular complexity index is 689. The zero-order valence-corrected chi connectivity index (χ0v) is 11.4. The van der Waals surface area contributed by atoms with E-state index in [9.17, 15) is 0 Å². The summed E-state index contributed by atoms with van der Waals surface area (Å²) in [4.78, 5) is 8.77. The maximum Gasteiger partial charge on any atom is 0.227 e. The fraction of sp³-hybridized carbons (Fsp3) is 0.273. The molecular formula is C11H10ClN5S.